The van der Waals surface area contributed by atoms with Crippen LogP contribution in [0.3, 0.4) is 0 Å². The van der Waals surface area contributed by atoms with Gasteiger partial charge >= 0.3 is 5.97 Å². The number of carboxylic acids is 1. The van der Waals surface area contributed by atoms with Gasteiger partial charge in [-0.1, -0.05) is 6.92 Å². The lowest BCUT2D eigenvalue weighted by molar-refractivity contribution is -0.138. The summed E-state index contributed by atoms with van der Waals surface area (Å²) in [6, 6.07) is 0. The van der Waals surface area contributed by atoms with E-state index in [9.17, 15) is 9.59 Å². The maximum Gasteiger partial charge on any atom is 0.303 e. The van der Waals surface area contributed by atoms with Crippen LogP contribution in [-0.4, -0.2) is 35.5 Å². The standard InChI is InChI=1S/C13H23NO3/c1-3-8-14(2)13(17)11-6-4-10(5-7-11)9-12(15)16/h10-11H,3-9H2,1-2H3,(H,15,16). The lowest BCUT2D eigenvalue weighted by atomic mass is 9.80. The number of rotatable bonds is 5. The van der Waals surface area contributed by atoms with Gasteiger partial charge in [0.25, 0.3) is 0 Å². The molecular weight excluding hydrogens is 218 g/mol. The fourth-order valence-electron chi connectivity index (χ4n) is 2.62. The molecule has 4 nitrogen and oxygen atoms in total. The van der Waals surface area contributed by atoms with Gasteiger partial charge in [0.15, 0.2) is 0 Å². The van der Waals surface area contributed by atoms with Crippen molar-refractivity contribution in [2.75, 3.05) is 13.6 Å². The number of nitrogens with zero attached hydrogens (tertiary/aromatic N) is 1. The monoisotopic (exact) mass is 241 g/mol. The van der Waals surface area contributed by atoms with Crippen LogP contribution in [0.1, 0.15) is 45.4 Å². The summed E-state index contributed by atoms with van der Waals surface area (Å²) in [5, 5.41) is 8.72. The first kappa shape index (κ1) is 14.0. The van der Waals surface area contributed by atoms with Gasteiger partial charge in [-0.2, -0.15) is 0 Å². The highest BCUT2D eigenvalue weighted by atomic mass is 16.4. The van der Waals surface area contributed by atoms with Crippen LogP contribution in [0.4, 0.5) is 0 Å². The van der Waals surface area contributed by atoms with Gasteiger partial charge in [-0.05, 0) is 38.0 Å². The Morgan fingerprint density at radius 2 is 1.82 bits per heavy atom. The smallest absolute Gasteiger partial charge is 0.303 e. The maximum atomic E-state index is 12.0. The number of hydrogen-bond donors (Lipinski definition) is 1. The van der Waals surface area contributed by atoms with E-state index >= 15 is 0 Å². The van der Waals surface area contributed by atoms with Crippen LogP contribution in [0, 0.1) is 11.8 Å². The number of carbonyl (C=O) groups is 2. The van der Waals surface area contributed by atoms with E-state index in [1.807, 2.05) is 11.9 Å². The summed E-state index contributed by atoms with van der Waals surface area (Å²) < 4.78 is 0. The molecular formula is C13H23NO3. The van der Waals surface area contributed by atoms with E-state index < -0.39 is 5.97 Å². The Balaban J connectivity index is 2.35. The summed E-state index contributed by atoms with van der Waals surface area (Å²) in [5.41, 5.74) is 0. The Hall–Kier alpha value is -1.06. The van der Waals surface area contributed by atoms with Gasteiger partial charge < -0.3 is 10.0 Å². The summed E-state index contributed by atoms with van der Waals surface area (Å²) in [4.78, 5) is 24.4. The summed E-state index contributed by atoms with van der Waals surface area (Å²) in [7, 11) is 1.86. The first-order valence-electron chi connectivity index (χ1n) is 6.51. The molecule has 1 rings (SSSR count). The second kappa shape index (κ2) is 6.62. The van der Waals surface area contributed by atoms with Gasteiger partial charge in [0, 0.05) is 25.9 Å². The molecule has 0 aliphatic heterocycles. The molecule has 0 spiro atoms. The number of aliphatic carboxylic acids is 1. The van der Waals surface area contributed by atoms with E-state index in [-0.39, 0.29) is 24.2 Å². The van der Waals surface area contributed by atoms with Gasteiger partial charge in [0.05, 0.1) is 0 Å². The lowest BCUT2D eigenvalue weighted by Crippen LogP contribution is -2.35. The second-order valence-corrected chi connectivity index (χ2v) is 5.08. The zero-order valence-corrected chi connectivity index (χ0v) is 10.8. The van der Waals surface area contributed by atoms with Gasteiger partial charge in [0.2, 0.25) is 5.91 Å². The molecule has 0 atom stereocenters. The Kier molecular flexibility index (Phi) is 5.45. The predicted octanol–water partition coefficient (Wildman–Crippen LogP) is 2.14. The number of hydrogen-bond acceptors (Lipinski definition) is 2. The average Bonchev–Trinajstić information content (AvgIpc) is 2.28. The molecule has 17 heavy (non-hydrogen) atoms. The SMILES string of the molecule is CCCN(C)C(=O)C1CCC(CC(=O)O)CC1. The van der Waals surface area contributed by atoms with E-state index in [1.54, 1.807) is 0 Å². The van der Waals surface area contributed by atoms with Crippen molar-refractivity contribution in [2.24, 2.45) is 11.8 Å². The largest absolute Gasteiger partial charge is 0.481 e. The van der Waals surface area contributed by atoms with Crippen molar-refractivity contribution < 1.29 is 14.7 Å². The lowest BCUT2D eigenvalue weighted by Gasteiger charge is -2.29. The predicted molar refractivity (Wildman–Crippen MR) is 65.6 cm³/mol. The molecule has 1 saturated carbocycles. The molecule has 0 heterocycles. The van der Waals surface area contributed by atoms with Crippen molar-refractivity contribution in [2.45, 2.75) is 45.4 Å². The fraction of sp³-hybridized carbons (Fsp3) is 0.846. The van der Waals surface area contributed by atoms with Crippen molar-refractivity contribution in [3.63, 3.8) is 0 Å². The summed E-state index contributed by atoms with van der Waals surface area (Å²) in [5.74, 6) is -0.0897. The number of carbonyl (C=O) groups excluding carboxylic acids is 1. The molecule has 98 valence electrons. The van der Waals surface area contributed by atoms with Crippen molar-refractivity contribution in [3.05, 3.63) is 0 Å². The van der Waals surface area contributed by atoms with Gasteiger partial charge in [-0.25, -0.2) is 0 Å². The van der Waals surface area contributed by atoms with Crippen molar-refractivity contribution in [1.29, 1.82) is 0 Å². The van der Waals surface area contributed by atoms with E-state index in [4.69, 9.17) is 5.11 Å². The van der Waals surface area contributed by atoms with Crippen LogP contribution in [0.25, 0.3) is 0 Å². The molecule has 0 aromatic rings. The summed E-state index contributed by atoms with van der Waals surface area (Å²) >= 11 is 0. The molecule has 1 amide bonds. The third-order valence-corrected chi connectivity index (χ3v) is 3.59. The Bertz CT molecular complexity index is 270. The highest BCUT2D eigenvalue weighted by molar-refractivity contribution is 5.78. The zero-order chi connectivity index (χ0) is 12.8. The van der Waals surface area contributed by atoms with Crippen LogP contribution >= 0.6 is 0 Å². The van der Waals surface area contributed by atoms with E-state index in [0.29, 0.717) is 0 Å². The summed E-state index contributed by atoms with van der Waals surface area (Å²) in [6.07, 6.45) is 4.70. The minimum absolute atomic E-state index is 0.122. The molecule has 1 N–H and O–H groups in total. The summed E-state index contributed by atoms with van der Waals surface area (Å²) in [6.45, 7) is 2.88. The molecule has 1 aliphatic carbocycles. The fourth-order valence-corrected chi connectivity index (χ4v) is 2.62. The molecule has 0 radical (unpaired) electrons. The van der Waals surface area contributed by atoms with E-state index in [1.165, 1.54) is 0 Å². The van der Waals surface area contributed by atoms with Crippen LogP contribution in [0.2, 0.25) is 0 Å². The van der Waals surface area contributed by atoms with Gasteiger partial charge in [0.1, 0.15) is 0 Å². The van der Waals surface area contributed by atoms with Crippen LogP contribution in [-0.2, 0) is 9.59 Å². The van der Waals surface area contributed by atoms with Crippen LogP contribution in [0.5, 0.6) is 0 Å². The van der Waals surface area contributed by atoms with E-state index in [0.717, 1.165) is 38.6 Å². The molecule has 0 saturated heterocycles. The average molecular weight is 241 g/mol. The quantitative estimate of drug-likeness (QED) is 0.802. The Morgan fingerprint density at radius 1 is 1.24 bits per heavy atom. The molecule has 0 aromatic heterocycles. The zero-order valence-electron chi connectivity index (χ0n) is 10.8. The maximum absolute atomic E-state index is 12.0. The van der Waals surface area contributed by atoms with Crippen molar-refractivity contribution >= 4 is 11.9 Å². The molecule has 1 fully saturated rings. The van der Waals surface area contributed by atoms with Crippen molar-refractivity contribution in [3.8, 4) is 0 Å². The first-order chi connectivity index (χ1) is 8.04. The minimum atomic E-state index is -0.720. The van der Waals surface area contributed by atoms with Gasteiger partial charge in [-0.3, -0.25) is 9.59 Å². The molecule has 0 aromatic carbocycles. The topological polar surface area (TPSA) is 57.6 Å². The molecule has 0 unspecified atom stereocenters. The number of carboxylic acid groups (broad SMARTS) is 1. The van der Waals surface area contributed by atoms with Crippen molar-refractivity contribution in [1.82, 2.24) is 4.90 Å². The normalized spacial score (nSPS) is 24.4. The van der Waals surface area contributed by atoms with Crippen LogP contribution < -0.4 is 0 Å². The second-order valence-electron chi connectivity index (χ2n) is 5.08. The third-order valence-electron chi connectivity index (χ3n) is 3.59. The number of amides is 1. The Labute approximate surface area is 103 Å². The highest BCUT2D eigenvalue weighted by Crippen LogP contribution is 2.31. The molecule has 4 heteroatoms. The third kappa shape index (κ3) is 4.36. The van der Waals surface area contributed by atoms with Gasteiger partial charge in [-0.15, -0.1) is 0 Å². The first-order valence-corrected chi connectivity index (χ1v) is 6.51. The van der Waals surface area contributed by atoms with Crippen LogP contribution in [0.15, 0.2) is 0 Å². The Morgan fingerprint density at radius 3 is 2.29 bits per heavy atom. The minimum Gasteiger partial charge on any atom is -0.481 e. The highest BCUT2D eigenvalue weighted by Gasteiger charge is 2.28. The molecule has 1 aliphatic rings. The van der Waals surface area contributed by atoms with E-state index in [2.05, 4.69) is 6.92 Å². The molecule has 0 bridgehead atoms.